The van der Waals surface area contributed by atoms with Crippen LogP contribution in [-0.2, 0) is 11.2 Å². The smallest absolute Gasteiger partial charge is 0.309 e. The average Bonchev–Trinajstić information content (AvgIpc) is 2.82. The first-order valence-electron chi connectivity index (χ1n) is 4.50. The first-order valence-corrected chi connectivity index (χ1v) is 4.50. The molecule has 1 aliphatic carbocycles. The van der Waals surface area contributed by atoms with Crippen LogP contribution in [0.4, 0.5) is 5.95 Å². The molecule has 0 radical (unpaired) electrons. The summed E-state index contributed by atoms with van der Waals surface area (Å²) in [6, 6.07) is 1.74. The van der Waals surface area contributed by atoms with Crippen LogP contribution in [0.25, 0.3) is 0 Å². The lowest BCUT2D eigenvalue weighted by atomic mass is 10.2. The Kier molecular flexibility index (Phi) is 2.07. The Morgan fingerprint density at radius 3 is 2.86 bits per heavy atom. The van der Waals surface area contributed by atoms with E-state index in [1.54, 1.807) is 6.07 Å². The van der Waals surface area contributed by atoms with Gasteiger partial charge >= 0.3 is 5.97 Å². The van der Waals surface area contributed by atoms with Crippen LogP contribution in [0, 0.1) is 0 Å². The maximum atomic E-state index is 10.5. The Balaban J connectivity index is 2.26. The molecule has 1 aromatic heterocycles. The van der Waals surface area contributed by atoms with Gasteiger partial charge in [0.1, 0.15) is 0 Å². The Morgan fingerprint density at radius 2 is 2.29 bits per heavy atom. The molecule has 3 N–H and O–H groups in total. The zero-order valence-corrected chi connectivity index (χ0v) is 7.60. The van der Waals surface area contributed by atoms with E-state index >= 15 is 0 Å². The molecule has 0 atom stereocenters. The molecule has 0 saturated heterocycles. The first kappa shape index (κ1) is 8.93. The molecule has 2 rings (SSSR count). The number of aromatic nitrogens is 2. The summed E-state index contributed by atoms with van der Waals surface area (Å²) in [5.74, 6) is -0.261. The second-order valence-corrected chi connectivity index (χ2v) is 3.49. The second kappa shape index (κ2) is 3.25. The van der Waals surface area contributed by atoms with Gasteiger partial charge in [-0.3, -0.25) is 4.79 Å². The van der Waals surface area contributed by atoms with E-state index in [9.17, 15) is 4.79 Å². The van der Waals surface area contributed by atoms with Gasteiger partial charge in [-0.2, -0.15) is 0 Å². The van der Waals surface area contributed by atoms with Gasteiger partial charge in [-0.1, -0.05) is 0 Å². The van der Waals surface area contributed by atoms with Gasteiger partial charge in [0, 0.05) is 11.6 Å². The van der Waals surface area contributed by atoms with Gasteiger partial charge in [0.15, 0.2) is 0 Å². The van der Waals surface area contributed by atoms with E-state index in [0.29, 0.717) is 11.6 Å². The monoisotopic (exact) mass is 193 g/mol. The summed E-state index contributed by atoms with van der Waals surface area (Å²) in [7, 11) is 0. The highest BCUT2D eigenvalue weighted by atomic mass is 16.4. The molecular formula is C9H11N3O2. The standard InChI is InChI=1S/C9H11N3O2/c10-9-11-6(4-8(13)14)3-7(12-9)5-1-2-5/h3,5H,1-2,4H2,(H,13,14)(H2,10,11,12). The zero-order chi connectivity index (χ0) is 10.1. The summed E-state index contributed by atoms with van der Waals surface area (Å²) in [4.78, 5) is 18.4. The summed E-state index contributed by atoms with van der Waals surface area (Å²) >= 11 is 0. The predicted octanol–water partition coefficient (Wildman–Crippen LogP) is 0.563. The van der Waals surface area contributed by atoms with E-state index in [2.05, 4.69) is 9.97 Å². The number of carbonyl (C=O) groups is 1. The number of nitrogens with zero attached hydrogens (tertiary/aromatic N) is 2. The highest BCUT2D eigenvalue weighted by molar-refractivity contribution is 5.69. The predicted molar refractivity (Wildman–Crippen MR) is 49.8 cm³/mol. The van der Waals surface area contributed by atoms with Crippen molar-refractivity contribution in [2.45, 2.75) is 25.2 Å². The Hall–Kier alpha value is -1.65. The second-order valence-electron chi connectivity index (χ2n) is 3.49. The van der Waals surface area contributed by atoms with Crippen molar-refractivity contribution in [1.82, 2.24) is 9.97 Å². The molecule has 74 valence electrons. The Labute approximate surface area is 81.0 Å². The van der Waals surface area contributed by atoms with Gasteiger partial charge in [0.2, 0.25) is 5.95 Å². The number of nitrogens with two attached hydrogens (primary N) is 1. The lowest BCUT2D eigenvalue weighted by molar-refractivity contribution is -0.136. The van der Waals surface area contributed by atoms with Crippen molar-refractivity contribution in [2.75, 3.05) is 5.73 Å². The van der Waals surface area contributed by atoms with E-state index in [4.69, 9.17) is 10.8 Å². The molecule has 1 aliphatic rings. The van der Waals surface area contributed by atoms with Crippen LogP contribution in [0.2, 0.25) is 0 Å². The van der Waals surface area contributed by atoms with E-state index in [1.165, 1.54) is 0 Å². The molecule has 0 aliphatic heterocycles. The van der Waals surface area contributed by atoms with Gasteiger partial charge in [-0.05, 0) is 18.9 Å². The highest BCUT2D eigenvalue weighted by Gasteiger charge is 2.26. The Morgan fingerprint density at radius 1 is 1.57 bits per heavy atom. The summed E-state index contributed by atoms with van der Waals surface area (Å²) in [6.45, 7) is 0. The van der Waals surface area contributed by atoms with Crippen LogP contribution < -0.4 is 5.73 Å². The number of rotatable bonds is 3. The summed E-state index contributed by atoms with van der Waals surface area (Å²) in [5, 5.41) is 8.60. The summed E-state index contributed by atoms with van der Waals surface area (Å²) in [6.07, 6.45) is 2.14. The van der Waals surface area contributed by atoms with E-state index < -0.39 is 5.97 Å². The number of aliphatic carboxylic acids is 1. The topological polar surface area (TPSA) is 89.1 Å². The molecular weight excluding hydrogens is 182 g/mol. The lowest BCUT2D eigenvalue weighted by Crippen LogP contribution is -2.07. The number of hydrogen-bond donors (Lipinski definition) is 2. The minimum absolute atomic E-state index is 0.0908. The molecule has 0 unspecified atom stereocenters. The lowest BCUT2D eigenvalue weighted by Gasteiger charge is -2.02. The van der Waals surface area contributed by atoms with Crippen molar-refractivity contribution in [1.29, 1.82) is 0 Å². The fourth-order valence-corrected chi connectivity index (χ4v) is 1.37. The number of nitrogen functional groups attached to an aromatic ring is 1. The zero-order valence-electron chi connectivity index (χ0n) is 7.60. The van der Waals surface area contributed by atoms with E-state index in [-0.39, 0.29) is 12.4 Å². The van der Waals surface area contributed by atoms with Gasteiger partial charge in [0.25, 0.3) is 0 Å². The average molecular weight is 193 g/mol. The molecule has 1 heterocycles. The SMILES string of the molecule is Nc1nc(CC(=O)O)cc(C2CC2)n1. The minimum atomic E-state index is -0.898. The van der Waals surface area contributed by atoms with Crippen molar-refractivity contribution >= 4 is 11.9 Å². The van der Waals surface area contributed by atoms with Crippen LogP contribution in [0.3, 0.4) is 0 Å². The van der Waals surface area contributed by atoms with Crippen LogP contribution in [0.15, 0.2) is 6.07 Å². The third-order valence-corrected chi connectivity index (χ3v) is 2.14. The molecule has 5 nitrogen and oxygen atoms in total. The Bertz CT molecular complexity index is 374. The molecule has 14 heavy (non-hydrogen) atoms. The van der Waals surface area contributed by atoms with Crippen molar-refractivity contribution in [3.63, 3.8) is 0 Å². The first-order chi connectivity index (χ1) is 6.65. The fraction of sp³-hybridized carbons (Fsp3) is 0.444. The molecule has 5 heteroatoms. The number of carboxylic acid groups (broad SMARTS) is 1. The van der Waals surface area contributed by atoms with Crippen LogP contribution >= 0.6 is 0 Å². The van der Waals surface area contributed by atoms with Gasteiger partial charge in [-0.15, -0.1) is 0 Å². The van der Waals surface area contributed by atoms with Crippen LogP contribution in [0.5, 0.6) is 0 Å². The van der Waals surface area contributed by atoms with Crippen LogP contribution in [0.1, 0.15) is 30.1 Å². The van der Waals surface area contributed by atoms with Crippen molar-refractivity contribution in [2.24, 2.45) is 0 Å². The molecule has 1 fully saturated rings. The number of hydrogen-bond acceptors (Lipinski definition) is 4. The maximum absolute atomic E-state index is 10.5. The van der Waals surface area contributed by atoms with Gasteiger partial charge < -0.3 is 10.8 Å². The minimum Gasteiger partial charge on any atom is -0.481 e. The molecule has 0 spiro atoms. The summed E-state index contributed by atoms with van der Waals surface area (Å²) in [5.41, 5.74) is 6.86. The maximum Gasteiger partial charge on any atom is 0.309 e. The van der Waals surface area contributed by atoms with Gasteiger partial charge in [-0.25, -0.2) is 9.97 Å². The third-order valence-electron chi connectivity index (χ3n) is 2.14. The van der Waals surface area contributed by atoms with Crippen molar-refractivity contribution < 1.29 is 9.90 Å². The van der Waals surface area contributed by atoms with Gasteiger partial charge in [0.05, 0.1) is 12.1 Å². The van der Waals surface area contributed by atoms with E-state index in [0.717, 1.165) is 18.5 Å². The van der Waals surface area contributed by atoms with Crippen molar-refractivity contribution in [3.8, 4) is 0 Å². The number of anilines is 1. The molecule has 0 amide bonds. The molecule has 1 saturated carbocycles. The fourth-order valence-electron chi connectivity index (χ4n) is 1.37. The quantitative estimate of drug-likeness (QED) is 0.732. The molecule has 0 aromatic carbocycles. The largest absolute Gasteiger partial charge is 0.481 e. The molecule has 0 bridgehead atoms. The van der Waals surface area contributed by atoms with Crippen LogP contribution in [-0.4, -0.2) is 21.0 Å². The molecule has 1 aromatic rings. The van der Waals surface area contributed by atoms with E-state index in [1.807, 2.05) is 0 Å². The van der Waals surface area contributed by atoms with Crippen molar-refractivity contribution in [3.05, 3.63) is 17.5 Å². The normalized spacial score (nSPS) is 15.4. The summed E-state index contributed by atoms with van der Waals surface area (Å²) < 4.78 is 0. The third kappa shape index (κ3) is 1.99. The highest BCUT2D eigenvalue weighted by Crippen LogP contribution is 2.39. The number of carboxylic acids is 1.